The van der Waals surface area contributed by atoms with E-state index in [-0.39, 0.29) is 11.8 Å². The van der Waals surface area contributed by atoms with Crippen LogP contribution in [0.5, 0.6) is 0 Å². The van der Waals surface area contributed by atoms with Crippen molar-refractivity contribution in [1.82, 2.24) is 15.1 Å². The summed E-state index contributed by atoms with van der Waals surface area (Å²) in [6.45, 7) is 12.2. The van der Waals surface area contributed by atoms with E-state index in [0.717, 1.165) is 30.8 Å². The number of rotatable bonds is 5. The second-order valence-corrected chi connectivity index (χ2v) is 7.02. The number of hydrogen-bond acceptors (Lipinski definition) is 3. The van der Waals surface area contributed by atoms with Gasteiger partial charge in [-0.2, -0.15) is 0 Å². The summed E-state index contributed by atoms with van der Waals surface area (Å²) in [5, 5.41) is 2.91. The quantitative estimate of drug-likeness (QED) is 0.837. The number of nitrogens with one attached hydrogen (secondary N) is 1. The maximum absolute atomic E-state index is 12.8. The highest BCUT2D eigenvalue weighted by molar-refractivity contribution is 6.04. The van der Waals surface area contributed by atoms with Crippen molar-refractivity contribution < 1.29 is 9.59 Å². The van der Waals surface area contributed by atoms with E-state index in [1.165, 1.54) is 0 Å². The molecule has 1 aliphatic rings. The van der Waals surface area contributed by atoms with Gasteiger partial charge in [0.1, 0.15) is 5.41 Å². The molecule has 1 N–H and O–H groups in total. The third-order valence-electron chi connectivity index (χ3n) is 4.74. The van der Waals surface area contributed by atoms with Crippen LogP contribution >= 0.6 is 0 Å². The highest BCUT2D eigenvalue weighted by atomic mass is 16.2. The summed E-state index contributed by atoms with van der Waals surface area (Å²) in [6.07, 6.45) is 0. The summed E-state index contributed by atoms with van der Waals surface area (Å²) in [7, 11) is 0. The van der Waals surface area contributed by atoms with Crippen LogP contribution in [0.15, 0.2) is 24.3 Å². The summed E-state index contributed by atoms with van der Waals surface area (Å²) >= 11 is 0. The third-order valence-corrected chi connectivity index (χ3v) is 4.74. The van der Waals surface area contributed by atoms with E-state index in [2.05, 4.69) is 17.1 Å². The van der Waals surface area contributed by atoms with Crippen molar-refractivity contribution in [2.75, 3.05) is 32.7 Å². The van der Waals surface area contributed by atoms with Gasteiger partial charge in [-0.05, 0) is 32.9 Å². The average Bonchev–Trinajstić information content (AvgIpc) is 2.59. The number of piperazine rings is 1. The molecular formula is C19H29N3O2. The van der Waals surface area contributed by atoms with Gasteiger partial charge < -0.3 is 15.1 Å². The molecule has 0 atom stereocenters. The first kappa shape index (κ1) is 18.5. The Bertz CT molecular complexity index is 590. The highest BCUT2D eigenvalue weighted by Crippen LogP contribution is 2.21. The minimum atomic E-state index is -1.04. The molecule has 0 radical (unpaired) electrons. The van der Waals surface area contributed by atoms with E-state index in [4.69, 9.17) is 0 Å². The number of carbonyl (C=O) groups excluding carboxylic acids is 2. The molecule has 0 unspecified atom stereocenters. The zero-order valence-electron chi connectivity index (χ0n) is 15.3. The van der Waals surface area contributed by atoms with Crippen LogP contribution in [-0.2, 0) is 16.1 Å². The van der Waals surface area contributed by atoms with Crippen LogP contribution in [0.4, 0.5) is 0 Å². The molecule has 5 nitrogen and oxygen atoms in total. The van der Waals surface area contributed by atoms with Gasteiger partial charge >= 0.3 is 0 Å². The third kappa shape index (κ3) is 4.35. The predicted molar refractivity (Wildman–Crippen MR) is 95.5 cm³/mol. The zero-order valence-corrected chi connectivity index (χ0v) is 15.3. The number of amides is 2. The zero-order chi connectivity index (χ0) is 17.7. The van der Waals surface area contributed by atoms with E-state index >= 15 is 0 Å². The highest BCUT2D eigenvalue weighted by Gasteiger charge is 2.39. The van der Waals surface area contributed by atoms with Gasteiger partial charge in [0.05, 0.1) is 0 Å². The lowest BCUT2D eigenvalue weighted by atomic mass is 9.89. The summed E-state index contributed by atoms with van der Waals surface area (Å²) in [5.74, 6) is -0.299. The molecule has 0 spiro atoms. The van der Waals surface area contributed by atoms with E-state index in [9.17, 15) is 9.59 Å². The van der Waals surface area contributed by atoms with Crippen LogP contribution in [0.1, 0.15) is 31.9 Å². The van der Waals surface area contributed by atoms with E-state index < -0.39 is 5.41 Å². The van der Waals surface area contributed by atoms with Gasteiger partial charge in [0.25, 0.3) is 0 Å². The largest absolute Gasteiger partial charge is 0.351 e. The minimum absolute atomic E-state index is 0.0833. The van der Waals surface area contributed by atoms with Gasteiger partial charge in [0, 0.05) is 32.7 Å². The predicted octanol–water partition coefficient (Wildman–Crippen LogP) is 1.80. The molecule has 1 heterocycles. The Morgan fingerprint density at radius 2 is 1.83 bits per heavy atom. The Hall–Kier alpha value is -1.88. The molecule has 1 saturated heterocycles. The molecule has 1 aromatic rings. The van der Waals surface area contributed by atoms with Crippen LogP contribution < -0.4 is 5.32 Å². The molecule has 1 fully saturated rings. The molecule has 24 heavy (non-hydrogen) atoms. The van der Waals surface area contributed by atoms with Gasteiger partial charge in [0.2, 0.25) is 11.8 Å². The normalized spacial score (nSPS) is 16.1. The van der Waals surface area contributed by atoms with Gasteiger partial charge in [-0.15, -0.1) is 0 Å². The Kier molecular flexibility index (Phi) is 5.99. The molecule has 1 aliphatic heterocycles. The Morgan fingerprint density at radius 3 is 2.42 bits per heavy atom. The minimum Gasteiger partial charge on any atom is -0.351 e. The lowest BCUT2D eigenvalue weighted by molar-refractivity contribution is -0.149. The van der Waals surface area contributed by atoms with Crippen molar-refractivity contribution in [3.05, 3.63) is 35.4 Å². The van der Waals surface area contributed by atoms with E-state index in [1.54, 1.807) is 13.8 Å². The van der Waals surface area contributed by atoms with Crippen LogP contribution in [0, 0.1) is 12.3 Å². The standard InChI is InChI=1S/C19H29N3O2/c1-5-21-9-11-22(12-10-21)18(24)19(3,4)17(23)20-14-16-8-6-7-15(2)13-16/h6-8,13H,5,9-12,14H2,1-4H3,(H,20,23). The Balaban J connectivity index is 1.93. The molecule has 0 bridgehead atoms. The number of nitrogens with zero attached hydrogens (tertiary/aromatic N) is 2. The van der Waals surface area contributed by atoms with Crippen molar-refractivity contribution in [2.45, 2.75) is 34.2 Å². The van der Waals surface area contributed by atoms with Crippen molar-refractivity contribution in [3.8, 4) is 0 Å². The maximum Gasteiger partial charge on any atom is 0.237 e. The summed E-state index contributed by atoms with van der Waals surface area (Å²) in [5.41, 5.74) is 1.16. The Labute approximate surface area is 145 Å². The summed E-state index contributed by atoms with van der Waals surface area (Å²) < 4.78 is 0. The van der Waals surface area contributed by atoms with E-state index in [0.29, 0.717) is 19.6 Å². The lowest BCUT2D eigenvalue weighted by Gasteiger charge is -2.37. The number of benzene rings is 1. The van der Waals surface area contributed by atoms with Crippen molar-refractivity contribution >= 4 is 11.8 Å². The first-order valence-corrected chi connectivity index (χ1v) is 8.70. The number of aryl methyl sites for hydroxylation is 1. The monoisotopic (exact) mass is 331 g/mol. The SMILES string of the molecule is CCN1CCN(C(=O)C(C)(C)C(=O)NCc2cccc(C)c2)CC1. The number of carbonyl (C=O) groups is 2. The van der Waals surface area contributed by atoms with Crippen molar-refractivity contribution in [1.29, 1.82) is 0 Å². The molecule has 5 heteroatoms. The van der Waals surface area contributed by atoms with Gasteiger partial charge in [-0.3, -0.25) is 9.59 Å². The fourth-order valence-corrected chi connectivity index (χ4v) is 2.99. The van der Waals surface area contributed by atoms with E-state index in [1.807, 2.05) is 36.1 Å². The summed E-state index contributed by atoms with van der Waals surface area (Å²) in [4.78, 5) is 29.5. The van der Waals surface area contributed by atoms with Crippen LogP contribution in [0.25, 0.3) is 0 Å². The fraction of sp³-hybridized carbons (Fsp3) is 0.579. The molecule has 2 rings (SSSR count). The second kappa shape index (κ2) is 7.79. The second-order valence-electron chi connectivity index (χ2n) is 7.02. The molecule has 0 aromatic heterocycles. The molecule has 1 aromatic carbocycles. The van der Waals surface area contributed by atoms with Gasteiger partial charge in [-0.25, -0.2) is 0 Å². The maximum atomic E-state index is 12.8. The molecular weight excluding hydrogens is 302 g/mol. The lowest BCUT2D eigenvalue weighted by Crippen LogP contribution is -2.55. The number of likely N-dealkylation sites (N-methyl/N-ethyl adjacent to an activating group) is 1. The average molecular weight is 331 g/mol. The first-order valence-electron chi connectivity index (χ1n) is 8.70. The van der Waals surface area contributed by atoms with Crippen molar-refractivity contribution in [3.63, 3.8) is 0 Å². The smallest absolute Gasteiger partial charge is 0.237 e. The molecule has 2 amide bonds. The topological polar surface area (TPSA) is 52.7 Å². The first-order chi connectivity index (χ1) is 11.3. The van der Waals surface area contributed by atoms with Crippen molar-refractivity contribution in [2.24, 2.45) is 5.41 Å². The Morgan fingerprint density at radius 1 is 1.17 bits per heavy atom. The number of hydrogen-bond donors (Lipinski definition) is 1. The van der Waals surface area contributed by atoms with Crippen LogP contribution in [-0.4, -0.2) is 54.3 Å². The molecule has 132 valence electrons. The van der Waals surface area contributed by atoms with Gasteiger partial charge in [0.15, 0.2) is 0 Å². The van der Waals surface area contributed by atoms with Gasteiger partial charge in [-0.1, -0.05) is 36.8 Å². The molecule has 0 aliphatic carbocycles. The van der Waals surface area contributed by atoms with Crippen LogP contribution in [0.2, 0.25) is 0 Å². The molecule has 0 saturated carbocycles. The fourth-order valence-electron chi connectivity index (χ4n) is 2.99. The van der Waals surface area contributed by atoms with Crippen LogP contribution in [0.3, 0.4) is 0 Å². The summed E-state index contributed by atoms with van der Waals surface area (Å²) in [6, 6.07) is 8.01.